The Morgan fingerprint density at radius 3 is 1.86 bits per heavy atom. The van der Waals surface area contributed by atoms with Gasteiger partial charge in [-0.2, -0.15) is 0 Å². The largest absolute Gasteiger partial charge is 0.376 e. The fourth-order valence-electron chi connectivity index (χ4n) is 2.37. The van der Waals surface area contributed by atoms with Crippen molar-refractivity contribution in [2.24, 2.45) is 0 Å². The number of aromatic nitrogens is 2. The van der Waals surface area contributed by atoms with Crippen molar-refractivity contribution < 1.29 is 9.50 Å². The lowest BCUT2D eigenvalue weighted by Gasteiger charge is -2.29. The maximum absolute atomic E-state index is 13.2. The molecular formula is C17H12ClFN2O. The van der Waals surface area contributed by atoms with E-state index in [9.17, 15) is 9.50 Å². The number of nitrogens with zero attached hydrogens (tertiary/aromatic N) is 2. The van der Waals surface area contributed by atoms with Crippen molar-refractivity contribution in [2.75, 3.05) is 0 Å². The molecule has 3 aromatic rings. The molecule has 0 amide bonds. The summed E-state index contributed by atoms with van der Waals surface area (Å²) in [7, 11) is 0. The van der Waals surface area contributed by atoms with Crippen LogP contribution < -0.4 is 0 Å². The van der Waals surface area contributed by atoms with Gasteiger partial charge in [0.05, 0.1) is 0 Å². The van der Waals surface area contributed by atoms with Gasteiger partial charge in [-0.15, -0.1) is 0 Å². The number of rotatable bonds is 3. The van der Waals surface area contributed by atoms with Crippen molar-refractivity contribution in [1.29, 1.82) is 0 Å². The highest BCUT2D eigenvalue weighted by molar-refractivity contribution is 6.30. The Kier molecular flexibility index (Phi) is 3.88. The van der Waals surface area contributed by atoms with Crippen molar-refractivity contribution >= 4 is 11.6 Å². The fourth-order valence-corrected chi connectivity index (χ4v) is 2.49. The van der Waals surface area contributed by atoms with Crippen LogP contribution in [0.5, 0.6) is 0 Å². The zero-order valence-corrected chi connectivity index (χ0v) is 12.2. The summed E-state index contributed by atoms with van der Waals surface area (Å²) in [6.07, 6.45) is 4.45. The van der Waals surface area contributed by atoms with Gasteiger partial charge in [-0.1, -0.05) is 35.9 Å². The van der Waals surface area contributed by atoms with Crippen LogP contribution >= 0.6 is 11.6 Å². The average Bonchev–Trinajstić information content (AvgIpc) is 2.56. The Hall–Kier alpha value is -2.30. The molecule has 110 valence electrons. The van der Waals surface area contributed by atoms with E-state index >= 15 is 0 Å². The maximum atomic E-state index is 13.2. The van der Waals surface area contributed by atoms with Crippen molar-refractivity contribution in [2.45, 2.75) is 5.60 Å². The molecule has 0 aliphatic carbocycles. The zero-order chi connectivity index (χ0) is 15.6. The molecule has 1 unspecified atom stereocenters. The van der Waals surface area contributed by atoms with Crippen molar-refractivity contribution in [1.82, 2.24) is 9.97 Å². The second-order valence-corrected chi connectivity index (χ2v) is 5.29. The monoisotopic (exact) mass is 314 g/mol. The second-order valence-electron chi connectivity index (χ2n) is 4.85. The third-order valence-electron chi connectivity index (χ3n) is 3.50. The predicted molar refractivity (Wildman–Crippen MR) is 82.0 cm³/mol. The molecule has 1 atom stereocenters. The number of hydrogen-bond donors (Lipinski definition) is 1. The van der Waals surface area contributed by atoms with Gasteiger partial charge in [0.2, 0.25) is 0 Å². The minimum Gasteiger partial charge on any atom is -0.376 e. The molecule has 0 radical (unpaired) electrons. The SMILES string of the molecule is OC(c1ccc(F)cc1)(c1ccc(Cl)cc1)c1cncnc1. The maximum Gasteiger partial charge on any atom is 0.143 e. The number of aliphatic hydroxyl groups is 1. The normalized spacial score (nSPS) is 13.6. The number of halogens is 2. The summed E-state index contributed by atoms with van der Waals surface area (Å²) in [4.78, 5) is 7.93. The third kappa shape index (κ3) is 2.58. The molecule has 0 aliphatic heterocycles. The van der Waals surface area contributed by atoms with E-state index < -0.39 is 5.60 Å². The number of benzene rings is 2. The van der Waals surface area contributed by atoms with E-state index in [2.05, 4.69) is 9.97 Å². The summed E-state index contributed by atoms with van der Waals surface area (Å²) in [6, 6.07) is 12.5. The van der Waals surface area contributed by atoms with Crippen LogP contribution in [-0.2, 0) is 5.60 Å². The van der Waals surface area contributed by atoms with Crippen molar-refractivity contribution in [3.8, 4) is 0 Å². The van der Waals surface area contributed by atoms with E-state index in [1.165, 1.54) is 43.0 Å². The van der Waals surface area contributed by atoms with E-state index in [1.54, 1.807) is 24.3 Å². The fraction of sp³-hybridized carbons (Fsp3) is 0.0588. The van der Waals surface area contributed by atoms with Gasteiger partial charge < -0.3 is 5.11 Å². The summed E-state index contributed by atoms with van der Waals surface area (Å²) >= 11 is 5.92. The van der Waals surface area contributed by atoms with Gasteiger partial charge in [0.1, 0.15) is 17.7 Å². The van der Waals surface area contributed by atoms with Gasteiger partial charge in [-0.3, -0.25) is 0 Å². The zero-order valence-electron chi connectivity index (χ0n) is 11.4. The molecule has 3 nitrogen and oxygen atoms in total. The van der Waals surface area contributed by atoms with E-state index in [0.29, 0.717) is 21.7 Å². The molecule has 5 heteroatoms. The molecule has 1 aromatic heterocycles. The van der Waals surface area contributed by atoms with Gasteiger partial charge in [-0.05, 0) is 35.4 Å². The highest BCUT2D eigenvalue weighted by Gasteiger charge is 2.34. The van der Waals surface area contributed by atoms with E-state index in [1.807, 2.05) is 0 Å². The van der Waals surface area contributed by atoms with Gasteiger partial charge >= 0.3 is 0 Å². The van der Waals surface area contributed by atoms with Crippen LogP contribution in [0.2, 0.25) is 5.02 Å². The molecule has 0 bridgehead atoms. The van der Waals surface area contributed by atoms with Crippen LogP contribution in [0, 0.1) is 5.82 Å². The molecule has 3 rings (SSSR count). The molecule has 0 spiro atoms. The summed E-state index contributed by atoms with van der Waals surface area (Å²) < 4.78 is 13.2. The lowest BCUT2D eigenvalue weighted by atomic mass is 9.82. The summed E-state index contributed by atoms with van der Waals surface area (Å²) in [5.74, 6) is -0.369. The van der Waals surface area contributed by atoms with Crippen LogP contribution in [0.15, 0.2) is 67.3 Å². The predicted octanol–water partition coefficient (Wildman–Crippen LogP) is 3.55. The molecule has 2 aromatic carbocycles. The van der Waals surface area contributed by atoms with Gasteiger partial charge in [0, 0.05) is 23.0 Å². The molecule has 0 aliphatic rings. The summed E-state index contributed by atoms with van der Waals surface area (Å²) in [6.45, 7) is 0. The van der Waals surface area contributed by atoms with E-state index in [4.69, 9.17) is 11.6 Å². The minimum atomic E-state index is -1.49. The lowest BCUT2D eigenvalue weighted by Crippen LogP contribution is -2.29. The molecule has 0 saturated carbocycles. The highest BCUT2D eigenvalue weighted by atomic mass is 35.5. The topological polar surface area (TPSA) is 46.0 Å². The van der Waals surface area contributed by atoms with Crippen molar-refractivity contribution in [3.63, 3.8) is 0 Å². The summed E-state index contributed by atoms with van der Waals surface area (Å²) in [5.41, 5.74) is 0.118. The second kappa shape index (κ2) is 5.83. The molecule has 1 heterocycles. The van der Waals surface area contributed by atoms with Crippen LogP contribution in [0.3, 0.4) is 0 Å². The van der Waals surface area contributed by atoms with Crippen molar-refractivity contribution in [3.05, 3.63) is 94.8 Å². The Bertz CT molecular complexity index is 715. The molecule has 0 saturated heterocycles. The molecule has 22 heavy (non-hydrogen) atoms. The number of hydrogen-bond acceptors (Lipinski definition) is 3. The summed E-state index contributed by atoms with van der Waals surface area (Å²) in [5, 5.41) is 11.9. The third-order valence-corrected chi connectivity index (χ3v) is 3.75. The first kappa shape index (κ1) is 14.6. The first-order valence-corrected chi connectivity index (χ1v) is 6.98. The first-order valence-electron chi connectivity index (χ1n) is 6.60. The lowest BCUT2D eigenvalue weighted by molar-refractivity contribution is 0.125. The van der Waals surface area contributed by atoms with Crippen LogP contribution in [0.4, 0.5) is 4.39 Å². The molecule has 1 N–H and O–H groups in total. The first-order chi connectivity index (χ1) is 10.6. The smallest absolute Gasteiger partial charge is 0.143 e. The van der Waals surface area contributed by atoms with Crippen LogP contribution in [-0.4, -0.2) is 15.1 Å². The molecular weight excluding hydrogens is 303 g/mol. The van der Waals surface area contributed by atoms with Gasteiger partial charge in [0.15, 0.2) is 0 Å². The minimum absolute atomic E-state index is 0.369. The Morgan fingerprint density at radius 2 is 1.32 bits per heavy atom. The molecule has 0 fully saturated rings. The van der Waals surface area contributed by atoms with E-state index in [-0.39, 0.29) is 5.82 Å². The standard InChI is InChI=1S/C17H12ClFN2O/c18-15-5-1-12(2-6-15)17(22,14-9-20-11-21-10-14)13-3-7-16(19)8-4-13/h1-11,22H. The van der Waals surface area contributed by atoms with Crippen LogP contribution in [0.1, 0.15) is 16.7 Å². The Morgan fingerprint density at radius 1 is 0.818 bits per heavy atom. The van der Waals surface area contributed by atoms with Crippen LogP contribution in [0.25, 0.3) is 0 Å². The Balaban J connectivity index is 2.22. The quantitative estimate of drug-likeness (QED) is 0.804. The Labute approximate surface area is 132 Å². The van der Waals surface area contributed by atoms with Gasteiger partial charge in [-0.25, -0.2) is 14.4 Å². The van der Waals surface area contributed by atoms with Gasteiger partial charge in [0.25, 0.3) is 0 Å². The highest BCUT2D eigenvalue weighted by Crippen LogP contribution is 2.36. The average molecular weight is 315 g/mol. The van der Waals surface area contributed by atoms with E-state index in [0.717, 1.165) is 0 Å².